The average Bonchev–Trinajstić information content (AvgIpc) is 2.28. The van der Waals surface area contributed by atoms with E-state index in [1.807, 2.05) is 6.92 Å². The second-order valence-electron chi connectivity index (χ2n) is 5.24. The minimum atomic E-state index is -1.35. The number of carboxylic acid groups (broad SMARTS) is 1. The van der Waals surface area contributed by atoms with Crippen LogP contribution in [-0.4, -0.2) is 31.7 Å². The molecule has 0 bridgehead atoms. The Morgan fingerprint density at radius 2 is 1.94 bits per heavy atom. The minimum Gasteiger partial charge on any atom is -0.478 e. The Kier molecular flexibility index (Phi) is 4.92. The van der Waals surface area contributed by atoms with Crippen molar-refractivity contribution in [3.63, 3.8) is 0 Å². The molecule has 0 fully saturated rings. The van der Waals surface area contributed by atoms with E-state index in [0.29, 0.717) is 5.75 Å². The van der Waals surface area contributed by atoms with Crippen LogP contribution in [0.2, 0.25) is 19.6 Å². The van der Waals surface area contributed by atoms with Gasteiger partial charge in [0.25, 0.3) is 0 Å². The second-order valence-corrected chi connectivity index (χ2v) is 10.8. The van der Waals surface area contributed by atoms with Crippen molar-refractivity contribution >= 4 is 14.0 Å². The predicted molar refractivity (Wildman–Crippen MR) is 72.8 cm³/mol. The van der Waals surface area contributed by atoms with Crippen molar-refractivity contribution in [2.45, 2.75) is 32.3 Å². The van der Waals surface area contributed by atoms with Gasteiger partial charge >= 0.3 is 5.97 Å². The number of hydrogen-bond donors (Lipinski definition) is 1. The van der Waals surface area contributed by atoms with Crippen molar-refractivity contribution in [2.24, 2.45) is 0 Å². The number of carboxylic acids is 1. The van der Waals surface area contributed by atoms with Gasteiger partial charge in [0.05, 0.1) is 8.07 Å². The molecule has 1 N–H and O–H groups in total. The zero-order valence-electron chi connectivity index (χ0n) is 11.3. The molecule has 0 heterocycles. The minimum absolute atomic E-state index is 0.0791. The lowest BCUT2D eigenvalue weighted by atomic mass is 10.2. The SMILES string of the molecule is CC(OCOc1ccccc1C(=O)O)[Si](C)(C)C. The Bertz CT molecular complexity index is 412. The third-order valence-electron chi connectivity index (χ3n) is 2.87. The molecule has 18 heavy (non-hydrogen) atoms. The summed E-state index contributed by atoms with van der Waals surface area (Å²) in [6.45, 7) is 8.74. The predicted octanol–water partition coefficient (Wildman–Crippen LogP) is 3.00. The molecule has 100 valence electrons. The van der Waals surface area contributed by atoms with E-state index in [9.17, 15) is 4.79 Å². The summed E-state index contributed by atoms with van der Waals surface area (Å²) in [5, 5.41) is 8.99. The Balaban J connectivity index is 2.57. The van der Waals surface area contributed by atoms with Crippen molar-refractivity contribution in [2.75, 3.05) is 6.79 Å². The van der Waals surface area contributed by atoms with E-state index in [2.05, 4.69) is 19.6 Å². The number of ether oxygens (including phenoxy) is 2. The van der Waals surface area contributed by atoms with Crippen LogP contribution >= 0.6 is 0 Å². The Morgan fingerprint density at radius 1 is 1.33 bits per heavy atom. The molecular weight excluding hydrogens is 248 g/mol. The number of benzene rings is 1. The molecule has 1 aromatic carbocycles. The molecule has 0 amide bonds. The lowest BCUT2D eigenvalue weighted by Gasteiger charge is -2.25. The van der Waals surface area contributed by atoms with Gasteiger partial charge in [0.2, 0.25) is 0 Å². The van der Waals surface area contributed by atoms with Crippen LogP contribution in [0.25, 0.3) is 0 Å². The number of para-hydroxylation sites is 1. The standard InChI is InChI=1S/C13H20O4Si/c1-10(18(2,3)4)16-9-17-12-8-6-5-7-11(12)13(14)15/h5-8,10H,9H2,1-4H3,(H,14,15). The van der Waals surface area contributed by atoms with Crippen LogP contribution in [0.4, 0.5) is 0 Å². The van der Waals surface area contributed by atoms with Crippen molar-refractivity contribution in [3.05, 3.63) is 29.8 Å². The van der Waals surface area contributed by atoms with Crippen molar-refractivity contribution in [1.82, 2.24) is 0 Å². The van der Waals surface area contributed by atoms with Gasteiger partial charge in [0.15, 0.2) is 6.79 Å². The number of hydrogen-bond acceptors (Lipinski definition) is 3. The first-order valence-electron chi connectivity index (χ1n) is 5.89. The highest BCUT2D eigenvalue weighted by Crippen LogP contribution is 2.18. The number of aromatic carboxylic acids is 1. The fourth-order valence-electron chi connectivity index (χ4n) is 1.22. The van der Waals surface area contributed by atoms with Gasteiger partial charge in [-0.1, -0.05) is 31.8 Å². The third kappa shape index (κ3) is 4.16. The highest BCUT2D eigenvalue weighted by molar-refractivity contribution is 6.77. The summed E-state index contributed by atoms with van der Waals surface area (Å²) >= 11 is 0. The molecule has 0 saturated carbocycles. The first-order valence-corrected chi connectivity index (χ1v) is 9.47. The molecule has 0 aromatic heterocycles. The van der Waals surface area contributed by atoms with E-state index in [4.69, 9.17) is 14.6 Å². The van der Waals surface area contributed by atoms with Crippen LogP contribution in [-0.2, 0) is 4.74 Å². The highest BCUT2D eigenvalue weighted by atomic mass is 28.3. The monoisotopic (exact) mass is 268 g/mol. The molecule has 1 rings (SSSR count). The summed E-state index contributed by atoms with van der Waals surface area (Å²) in [4.78, 5) is 11.0. The van der Waals surface area contributed by atoms with Gasteiger partial charge in [-0.15, -0.1) is 0 Å². The molecule has 0 spiro atoms. The first-order chi connectivity index (χ1) is 8.32. The van der Waals surface area contributed by atoms with Gasteiger partial charge in [0, 0.05) is 5.73 Å². The van der Waals surface area contributed by atoms with E-state index >= 15 is 0 Å². The molecule has 1 aromatic rings. The van der Waals surface area contributed by atoms with Crippen molar-refractivity contribution in [3.8, 4) is 5.75 Å². The third-order valence-corrected chi connectivity index (χ3v) is 5.48. The lowest BCUT2D eigenvalue weighted by Crippen LogP contribution is -2.38. The Labute approximate surface area is 109 Å². The number of carbonyl (C=O) groups is 1. The van der Waals surface area contributed by atoms with E-state index in [1.165, 1.54) is 6.07 Å². The van der Waals surface area contributed by atoms with Crippen LogP contribution in [0.3, 0.4) is 0 Å². The van der Waals surface area contributed by atoms with Gasteiger partial charge < -0.3 is 14.6 Å². The molecular formula is C13H20O4Si. The molecule has 0 aliphatic rings. The van der Waals surface area contributed by atoms with Gasteiger partial charge in [-0.3, -0.25) is 0 Å². The molecule has 0 aliphatic carbocycles. The maximum absolute atomic E-state index is 11.0. The Morgan fingerprint density at radius 3 is 2.50 bits per heavy atom. The van der Waals surface area contributed by atoms with Crippen LogP contribution in [0.1, 0.15) is 17.3 Å². The van der Waals surface area contributed by atoms with E-state index in [0.717, 1.165) is 0 Å². The number of rotatable bonds is 6. The lowest BCUT2D eigenvalue weighted by molar-refractivity contribution is -0.000354. The highest BCUT2D eigenvalue weighted by Gasteiger charge is 2.23. The smallest absolute Gasteiger partial charge is 0.339 e. The summed E-state index contributed by atoms with van der Waals surface area (Å²) < 4.78 is 11.0. The molecule has 0 aliphatic heterocycles. The molecule has 0 saturated heterocycles. The van der Waals surface area contributed by atoms with Gasteiger partial charge in [-0.2, -0.15) is 0 Å². The Hall–Kier alpha value is -1.33. The summed E-state index contributed by atoms with van der Waals surface area (Å²) in [6, 6.07) is 6.55. The first kappa shape index (κ1) is 14.7. The maximum atomic E-state index is 11.0. The topological polar surface area (TPSA) is 55.8 Å². The van der Waals surface area contributed by atoms with Gasteiger partial charge in [-0.05, 0) is 19.1 Å². The molecule has 1 unspecified atom stereocenters. The molecule has 4 nitrogen and oxygen atoms in total. The van der Waals surface area contributed by atoms with Gasteiger partial charge in [0.1, 0.15) is 11.3 Å². The van der Waals surface area contributed by atoms with Gasteiger partial charge in [-0.25, -0.2) is 4.79 Å². The van der Waals surface area contributed by atoms with Crippen LogP contribution in [0.15, 0.2) is 24.3 Å². The molecule has 0 radical (unpaired) electrons. The quantitative estimate of drug-likeness (QED) is 0.636. The molecule has 5 heteroatoms. The summed E-state index contributed by atoms with van der Waals surface area (Å²) in [7, 11) is -1.35. The normalized spacial score (nSPS) is 13.1. The van der Waals surface area contributed by atoms with Crippen LogP contribution in [0.5, 0.6) is 5.75 Å². The summed E-state index contributed by atoms with van der Waals surface area (Å²) in [5.74, 6) is -0.656. The van der Waals surface area contributed by atoms with Crippen molar-refractivity contribution < 1.29 is 19.4 Å². The fraction of sp³-hybridized carbons (Fsp3) is 0.462. The van der Waals surface area contributed by atoms with Crippen molar-refractivity contribution in [1.29, 1.82) is 0 Å². The van der Waals surface area contributed by atoms with E-state index in [-0.39, 0.29) is 18.1 Å². The summed E-state index contributed by atoms with van der Waals surface area (Å²) in [6.07, 6.45) is 0. The summed E-state index contributed by atoms with van der Waals surface area (Å²) in [5.41, 5.74) is 0.316. The zero-order valence-corrected chi connectivity index (χ0v) is 12.3. The maximum Gasteiger partial charge on any atom is 0.339 e. The van der Waals surface area contributed by atoms with E-state index in [1.54, 1.807) is 18.2 Å². The van der Waals surface area contributed by atoms with E-state index < -0.39 is 14.0 Å². The fourth-order valence-corrected chi connectivity index (χ4v) is 1.79. The van der Waals surface area contributed by atoms with Crippen LogP contribution < -0.4 is 4.74 Å². The molecule has 1 atom stereocenters. The van der Waals surface area contributed by atoms with Crippen LogP contribution in [0, 0.1) is 0 Å². The second kappa shape index (κ2) is 6.02. The average molecular weight is 268 g/mol. The zero-order chi connectivity index (χ0) is 13.8. The largest absolute Gasteiger partial charge is 0.478 e.